The van der Waals surface area contributed by atoms with Gasteiger partial charge in [-0.3, -0.25) is 4.79 Å². The van der Waals surface area contributed by atoms with Crippen LogP contribution in [-0.2, 0) is 9.84 Å². The minimum Gasteiger partial charge on any atom is -0.411 e. The second-order valence-electron chi connectivity index (χ2n) is 5.51. The molecule has 0 aliphatic rings. The first-order chi connectivity index (χ1) is 12.7. The predicted octanol–water partition coefficient (Wildman–Crippen LogP) is 4.42. The lowest BCUT2D eigenvalue weighted by Crippen LogP contribution is -2.03. The van der Waals surface area contributed by atoms with E-state index in [0.29, 0.717) is 16.1 Å². The van der Waals surface area contributed by atoms with Crippen molar-refractivity contribution < 1.29 is 17.6 Å². The van der Waals surface area contributed by atoms with E-state index in [1.807, 2.05) is 0 Å². The molecule has 0 aliphatic carbocycles. The number of carbonyl (C=O) groups excluding carboxylic acids is 1. The van der Waals surface area contributed by atoms with E-state index in [2.05, 4.69) is 10.2 Å². The van der Waals surface area contributed by atoms with Gasteiger partial charge in [0.2, 0.25) is 5.89 Å². The summed E-state index contributed by atoms with van der Waals surface area (Å²) < 4.78 is 28.5. The largest absolute Gasteiger partial charge is 0.411 e. The van der Waals surface area contributed by atoms with Crippen molar-refractivity contribution in [2.75, 3.05) is 12.0 Å². The topological polar surface area (TPSA) is 90.1 Å². The Morgan fingerprint density at radius 3 is 2.44 bits per heavy atom. The zero-order valence-corrected chi connectivity index (χ0v) is 17.0. The third-order valence-corrected chi connectivity index (χ3v) is 5.99. The first-order valence-electron chi connectivity index (χ1n) is 7.49. The molecule has 0 N–H and O–H groups in total. The van der Waals surface area contributed by atoms with Gasteiger partial charge in [-0.25, -0.2) is 8.42 Å². The van der Waals surface area contributed by atoms with E-state index < -0.39 is 9.84 Å². The first-order valence-corrected chi connectivity index (χ1v) is 11.1. The summed E-state index contributed by atoms with van der Waals surface area (Å²) in [5, 5.41) is 8.76. The molecule has 6 nitrogen and oxygen atoms in total. The van der Waals surface area contributed by atoms with Gasteiger partial charge >= 0.3 is 0 Å². The van der Waals surface area contributed by atoms with Crippen LogP contribution in [0.15, 0.2) is 57.0 Å². The summed E-state index contributed by atoms with van der Waals surface area (Å²) in [5.74, 6) is 0.101. The first kappa shape index (κ1) is 19.9. The van der Waals surface area contributed by atoms with Crippen molar-refractivity contribution in [2.45, 2.75) is 10.1 Å². The molecule has 0 bridgehead atoms. The molecule has 0 saturated heterocycles. The Balaban J connectivity index is 1.68. The molecule has 0 aliphatic heterocycles. The number of halogens is 2. The Hall–Kier alpha value is -1.87. The number of hydrogen-bond donors (Lipinski definition) is 0. The molecule has 0 saturated carbocycles. The number of sulfone groups is 1. The summed E-state index contributed by atoms with van der Waals surface area (Å²) in [5.41, 5.74) is 0.943. The van der Waals surface area contributed by atoms with Gasteiger partial charge in [0.15, 0.2) is 15.6 Å². The quantitative estimate of drug-likeness (QED) is 0.411. The van der Waals surface area contributed by atoms with E-state index in [9.17, 15) is 13.2 Å². The maximum absolute atomic E-state index is 12.3. The van der Waals surface area contributed by atoms with Crippen molar-refractivity contribution in [3.8, 4) is 11.5 Å². The van der Waals surface area contributed by atoms with E-state index in [-0.39, 0.29) is 32.6 Å². The summed E-state index contributed by atoms with van der Waals surface area (Å²) in [6, 6.07) is 10.8. The SMILES string of the molecule is CS(=O)(=O)c1ccc(-c2nnc(SCC(=O)c3ccc(Cl)cc3Cl)o2)cc1. The predicted molar refractivity (Wildman–Crippen MR) is 104 cm³/mol. The molecule has 3 rings (SSSR count). The average Bonchev–Trinajstić information content (AvgIpc) is 3.08. The van der Waals surface area contributed by atoms with E-state index in [4.69, 9.17) is 27.6 Å². The van der Waals surface area contributed by atoms with Crippen molar-refractivity contribution in [3.05, 3.63) is 58.1 Å². The van der Waals surface area contributed by atoms with Crippen molar-refractivity contribution in [2.24, 2.45) is 0 Å². The van der Waals surface area contributed by atoms with Gasteiger partial charge in [-0.2, -0.15) is 0 Å². The van der Waals surface area contributed by atoms with Crippen LogP contribution in [-0.4, -0.2) is 36.4 Å². The van der Waals surface area contributed by atoms with Crippen molar-refractivity contribution >= 4 is 50.6 Å². The third kappa shape index (κ3) is 4.90. The zero-order chi connectivity index (χ0) is 19.6. The standard InChI is InChI=1S/C17H12Cl2N2O4S2/c1-27(23,24)12-5-2-10(3-6-12)16-20-21-17(25-16)26-9-15(22)13-7-4-11(18)8-14(13)19/h2-8H,9H2,1H3. The number of thioether (sulfide) groups is 1. The molecule has 2 aromatic carbocycles. The van der Waals surface area contributed by atoms with Gasteiger partial charge in [0.1, 0.15) is 0 Å². The fraction of sp³-hybridized carbons (Fsp3) is 0.118. The van der Waals surface area contributed by atoms with Crippen LogP contribution in [0.25, 0.3) is 11.5 Å². The van der Waals surface area contributed by atoms with Crippen LogP contribution in [0.4, 0.5) is 0 Å². The molecule has 0 fully saturated rings. The van der Waals surface area contributed by atoms with Gasteiger partial charge in [-0.1, -0.05) is 35.0 Å². The second-order valence-corrected chi connectivity index (χ2v) is 9.29. The highest BCUT2D eigenvalue weighted by atomic mass is 35.5. The minimum absolute atomic E-state index is 0.0655. The number of benzene rings is 2. The summed E-state index contributed by atoms with van der Waals surface area (Å²) in [7, 11) is -3.27. The van der Waals surface area contributed by atoms with Gasteiger partial charge in [0.25, 0.3) is 5.22 Å². The zero-order valence-electron chi connectivity index (χ0n) is 13.8. The molecular formula is C17H12Cl2N2O4S2. The molecule has 1 aromatic heterocycles. The van der Waals surface area contributed by atoms with Crippen LogP contribution in [0.1, 0.15) is 10.4 Å². The maximum Gasteiger partial charge on any atom is 0.277 e. The fourth-order valence-electron chi connectivity index (χ4n) is 2.15. The summed E-state index contributed by atoms with van der Waals surface area (Å²) in [6.45, 7) is 0. The van der Waals surface area contributed by atoms with Crippen molar-refractivity contribution in [1.82, 2.24) is 10.2 Å². The van der Waals surface area contributed by atoms with Crippen LogP contribution < -0.4 is 0 Å². The molecule has 27 heavy (non-hydrogen) atoms. The second kappa shape index (κ2) is 8.02. The summed E-state index contributed by atoms with van der Waals surface area (Å²) in [4.78, 5) is 12.5. The van der Waals surface area contributed by atoms with Crippen molar-refractivity contribution in [3.63, 3.8) is 0 Å². The number of Topliss-reactive ketones (excluding diaryl/α,β-unsaturated/α-hetero) is 1. The van der Waals surface area contributed by atoms with Crippen LogP contribution >= 0.6 is 35.0 Å². The molecule has 0 spiro atoms. The Kier molecular flexibility index (Phi) is 5.90. The number of ketones is 1. The smallest absolute Gasteiger partial charge is 0.277 e. The van der Waals surface area contributed by atoms with Crippen LogP contribution in [0.2, 0.25) is 10.0 Å². The van der Waals surface area contributed by atoms with Crippen LogP contribution in [0.5, 0.6) is 0 Å². The minimum atomic E-state index is -3.27. The summed E-state index contributed by atoms with van der Waals surface area (Å²) >= 11 is 12.9. The molecular weight excluding hydrogens is 431 g/mol. The Bertz CT molecular complexity index is 1100. The van der Waals surface area contributed by atoms with Gasteiger partial charge in [0.05, 0.1) is 15.7 Å². The van der Waals surface area contributed by atoms with E-state index in [0.717, 1.165) is 18.0 Å². The van der Waals surface area contributed by atoms with Crippen molar-refractivity contribution in [1.29, 1.82) is 0 Å². The molecule has 10 heteroatoms. The highest BCUT2D eigenvalue weighted by Crippen LogP contribution is 2.27. The molecule has 0 atom stereocenters. The Morgan fingerprint density at radius 2 is 1.81 bits per heavy atom. The molecule has 140 valence electrons. The lowest BCUT2D eigenvalue weighted by atomic mass is 10.1. The fourth-order valence-corrected chi connectivity index (χ4v) is 3.94. The molecule has 0 amide bonds. The van der Waals surface area contributed by atoms with Gasteiger partial charge in [-0.05, 0) is 42.5 Å². The molecule has 0 unspecified atom stereocenters. The highest BCUT2D eigenvalue weighted by molar-refractivity contribution is 7.99. The number of nitrogens with zero attached hydrogens (tertiary/aromatic N) is 2. The highest BCUT2D eigenvalue weighted by Gasteiger charge is 2.15. The Morgan fingerprint density at radius 1 is 1.11 bits per heavy atom. The van der Waals surface area contributed by atoms with E-state index in [1.54, 1.807) is 24.3 Å². The van der Waals surface area contributed by atoms with Gasteiger partial charge in [0, 0.05) is 22.4 Å². The number of hydrogen-bond acceptors (Lipinski definition) is 7. The van der Waals surface area contributed by atoms with Gasteiger partial charge in [-0.15, -0.1) is 10.2 Å². The monoisotopic (exact) mass is 442 g/mol. The van der Waals surface area contributed by atoms with Crippen LogP contribution in [0.3, 0.4) is 0 Å². The number of aromatic nitrogens is 2. The lowest BCUT2D eigenvalue weighted by molar-refractivity contribution is 0.102. The molecule has 1 heterocycles. The number of rotatable bonds is 6. The normalized spacial score (nSPS) is 11.5. The lowest BCUT2D eigenvalue weighted by Gasteiger charge is -2.02. The molecule has 0 radical (unpaired) electrons. The maximum atomic E-state index is 12.3. The van der Waals surface area contributed by atoms with Crippen LogP contribution in [0, 0.1) is 0 Å². The molecule has 3 aromatic rings. The van der Waals surface area contributed by atoms with E-state index in [1.165, 1.54) is 18.2 Å². The Labute approximate surface area is 169 Å². The third-order valence-electron chi connectivity index (χ3n) is 3.49. The van der Waals surface area contributed by atoms with E-state index >= 15 is 0 Å². The average molecular weight is 443 g/mol. The van der Waals surface area contributed by atoms with Gasteiger partial charge < -0.3 is 4.42 Å². The summed E-state index contributed by atoms with van der Waals surface area (Å²) in [6.07, 6.45) is 1.13. The number of carbonyl (C=O) groups is 1.